The maximum Gasteiger partial charge on any atom is 0.334 e. The molecule has 0 saturated heterocycles. The van der Waals surface area contributed by atoms with E-state index in [0.717, 1.165) is 12.0 Å². The zero-order valence-electron chi connectivity index (χ0n) is 10.3. The van der Waals surface area contributed by atoms with Crippen molar-refractivity contribution in [2.24, 2.45) is 5.18 Å². The molecule has 5 heteroatoms. The van der Waals surface area contributed by atoms with E-state index in [4.69, 9.17) is 16.3 Å². The van der Waals surface area contributed by atoms with Crippen molar-refractivity contribution in [3.63, 3.8) is 0 Å². The van der Waals surface area contributed by atoms with Gasteiger partial charge in [-0.1, -0.05) is 28.9 Å². The Labute approximate surface area is 111 Å². The predicted octanol–water partition coefficient (Wildman–Crippen LogP) is 3.36. The molecule has 98 valence electrons. The molecular weight excluding hydrogens is 254 g/mol. The van der Waals surface area contributed by atoms with E-state index in [9.17, 15) is 9.70 Å². The number of hydrogen-bond acceptors (Lipinski definition) is 4. The first kappa shape index (κ1) is 14.6. The van der Waals surface area contributed by atoms with Crippen LogP contribution in [0, 0.1) is 4.91 Å². The fraction of sp³-hybridized carbons (Fsp3) is 0.462. The highest BCUT2D eigenvalue weighted by molar-refractivity contribution is 6.30. The minimum Gasteiger partial charge on any atom is -0.464 e. The second-order valence-electron chi connectivity index (χ2n) is 3.90. The van der Waals surface area contributed by atoms with Crippen LogP contribution in [0.15, 0.2) is 29.4 Å². The molecule has 4 nitrogen and oxygen atoms in total. The molecule has 1 aromatic rings. The molecule has 0 fully saturated rings. The molecule has 0 saturated carbocycles. The number of carbonyl (C=O) groups is 1. The number of nitroso groups, excluding NO2 is 1. The highest BCUT2D eigenvalue weighted by atomic mass is 35.5. The molecule has 0 N–H and O–H groups in total. The largest absolute Gasteiger partial charge is 0.464 e. The van der Waals surface area contributed by atoms with Crippen LogP contribution in [0.5, 0.6) is 0 Å². The van der Waals surface area contributed by atoms with E-state index in [-0.39, 0.29) is 6.61 Å². The maximum absolute atomic E-state index is 11.3. The third kappa shape index (κ3) is 4.84. The molecule has 0 spiro atoms. The van der Waals surface area contributed by atoms with E-state index in [1.54, 1.807) is 13.0 Å². The number of nitrogens with zero attached hydrogens (tertiary/aromatic N) is 1. The summed E-state index contributed by atoms with van der Waals surface area (Å²) in [6, 6.07) is 6.61. The molecule has 0 aliphatic rings. The number of aryl methyl sites for hydroxylation is 1. The van der Waals surface area contributed by atoms with Gasteiger partial charge in [-0.05, 0) is 43.9 Å². The maximum atomic E-state index is 11.3. The van der Waals surface area contributed by atoms with E-state index in [0.29, 0.717) is 17.9 Å². The molecule has 0 aliphatic heterocycles. The van der Waals surface area contributed by atoms with E-state index >= 15 is 0 Å². The second-order valence-corrected chi connectivity index (χ2v) is 4.33. The Morgan fingerprint density at radius 1 is 1.50 bits per heavy atom. The average Bonchev–Trinajstić information content (AvgIpc) is 2.35. The normalized spacial score (nSPS) is 11.9. The van der Waals surface area contributed by atoms with Crippen molar-refractivity contribution >= 4 is 17.6 Å². The Bertz CT molecular complexity index is 409. The van der Waals surface area contributed by atoms with Gasteiger partial charge in [0.15, 0.2) is 6.04 Å². The van der Waals surface area contributed by atoms with Crippen molar-refractivity contribution < 1.29 is 9.53 Å². The standard InChI is InChI=1S/C13H16ClNO3/c1-2-18-13(16)12(15-17)8-4-6-10-5-3-7-11(14)9-10/h3,5,7,9,12H,2,4,6,8H2,1H3. The lowest BCUT2D eigenvalue weighted by molar-refractivity contribution is -0.144. The van der Waals surface area contributed by atoms with Gasteiger partial charge in [0, 0.05) is 5.02 Å². The average molecular weight is 270 g/mol. The van der Waals surface area contributed by atoms with Gasteiger partial charge in [-0.25, -0.2) is 4.79 Å². The molecule has 18 heavy (non-hydrogen) atoms. The smallest absolute Gasteiger partial charge is 0.334 e. The Morgan fingerprint density at radius 2 is 2.28 bits per heavy atom. The lowest BCUT2D eigenvalue weighted by atomic mass is 10.1. The van der Waals surface area contributed by atoms with Crippen LogP contribution in [0.4, 0.5) is 0 Å². The SMILES string of the molecule is CCOC(=O)C(CCCc1cccc(Cl)c1)N=O. The van der Waals surface area contributed by atoms with E-state index in [2.05, 4.69) is 5.18 Å². The summed E-state index contributed by atoms with van der Waals surface area (Å²) in [5.74, 6) is -0.543. The highest BCUT2D eigenvalue weighted by Gasteiger charge is 2.19. The van der Waals surface area contributed by atoms with E-state index in [1.165, 1.54) is 0 Å². The molecule has 0 bridgehead atoms. The van der Waals surface area contributed by atoms with Crippen molar-refractivity contribution in [3.05, 3.63) is 39.8 Å². The topological polar surface area (TPSA) is 55.7 Å². The molecular formula is C13H16ClNO3. The van der Waals surface area contributed by atoms with Crippen molar-refractivity contribution in [2.75, 3.05) is 6.61 Å². The van der Waals surface area contributed by atoms with Crippen LogP contribution >= 0.6 is 11.6 Å². The summed E-state index contributed by atoms with van der Waals surface area (Å²) in [6.07, 6.45) is 1.84. The van der Waals surface area contributed by atoms with E-state index < -0.39 is 12.0 Å². The first-order valence-corrected chi connectivity index (χ1v) is 6.28. The summed E-state index contributed by atoms with van der Waals surface area (Å²) in [5.41, 5.74) is 1.08. The zero-order chi connectivity index (χ0) is 13.4. The van der Waals surface area contributed by atoms with Gasteiger partial charge in [0.05, 0.1) is 6.61 Å². The Morgan fingerprint density at radius 3 is 2.89 bits per heavy atom. The van der Waals surface area contributed by atoms with Gasteiger partial charge < -0.3 is 4.74 Å². The van der Waals surface area contributed by atoms with Gasteiger partial charge in [0.25, 0.3) is 0 Å². The van der Waals surface area contributed by atoms with Crippen LogP contribution < -0.4 is 0 Å². The third-order valence-corrected chi connectivity index (χ3v) is 2.75. The number of halogens is 1. The summed E-state index contributed by atoms with van der Waals surface area (Å²) in [5, 5.41) is 3.49. The summed E-state index contributed by atoms with van der Waals surface area (Å²) in [6.45, 7) is 1.96. The molecule has 0 aromatic heterocycles. The molecule has 0 heterocycles. The van der Waals surface area contributed by atoms with Gasteiger partial charge in [0.2, 0.25) is 0 Å². The summed E-state index contributed by atoms with van der Waals surface area (Å²) >= 11 is 5.86. The van der Waals surface area contributed by atoms with Crippen LogP contribution in [-0.4, -0.2) is 18.6 Å². The number of rotatable bonds is 7. The fourth-order valence-corrected chi connectivity index (χ4v) is 1.86. The van der Waals surface area contributed by atoms with Crippen LogP contribution in [-0.2, 0) is 16.0 Å². The van der Waals surface area contributed by atoms with Crippen LogP contribution in [0.1, 0.15) is 25.3 Å². The molecule has 1 atom stereocenters. The molecule has 0 aliphatic carbocycles. The van der Waals surface area contributed by atoms with Gasteiger partial charge in [-0.15, -0.1) is 4.91 Å². The monoisotopic (exact) mass is 269 g/mol. The molecule has 0 amide bonds. The second kappa shape index (κ2) is 7.82. The van der Waals surface area contributed by atoms with Crippen LogP contribution in [0.3, 0.4) is 0 Å². The van der Waals surface area contributed by atoms with Gasteiger partial charge in [0.1, 0.15) is 0 Å². The molecule has 0 radical (unpaired) electrons. The zero-order valence-corrected chi connectivity index (χ0v) is 11.0. The first-order valence-electron chi connectivity index (χ1n) is 5.91. The van der Waals surface area contributed by atoms with Gasteiger partial charge in [-0.3, -0.25) is 0 Å². The van der Waals surface area contributed by atoms with Gasteiger partial charge >= 0.3 is 5.97 Å². The van der Waals surface area contributed by atoms with Crippen molar-refractivity contribution in [1.29, 1.82) is 0 Å². The number of benzene rings is 1. The predicted molar refractivity (Wildman–Crippen MR) is 70.6 cm³/mol. The van der Waals surface area contributed by atoms with E-state index in [1.807, 2.05) is 18.2 Å². The lowest BCUT2D eigenvalue weighted by Crippen LogP contribution is -2.21. The number of esters is 1. The van der Waals surface area contributed by atoms with Crippen LogP contribution in [0.25, 0.3) is 0 Å². The Balaban J connectivity index is 2.40. The van der Waals surface area contributed by atoms with Gasteiger partial charge in [-0.2, -0.15) is 0 Å². The fourth-order valence-electron chi connectivity index (χ4n) is 1.64. The van der Waals surface area contributed by atoms with Crippen molar-refractivity contribution in [3.8, 4) is 0 Å². The Kier molecular flexibility index (Phi) is 6.36. The first-order chi connectivity index (χ1) is 8.67. The van der Waals surface area contributed by atoms with Crippen molar-refractivity contribution in [1.82, 2.24) is 0 Å². The summed E-state index contributed by atoms with van der Waals surface area (Å²) in [4.78, 5) is 21.9. The van der Waals surface area contributed by atoms with Crippen molar-refractivity contribution in [2.45, 2.75) is 32.2 Å². The van der Waals surface area contributed by atoms with Crippen LogP contribution in [0.2, 0.25) is 5.02 Å². The Hall–Kier alpha value is -1.42. The molecule has 1 unspecified atom stereocenters. The lowest BCUT2D eigenvalue weighted by Gasteiger charge is -2.08. The summed E-state index contributed by atoms with van der Waals surface area (Å²) < 4.78 is 4.76. The molecule has 1 aromatic carbocycles. The highest BCUT2D eigenvalue weighted by Crippen LogP contribution is 2.14. The molecule has 1 rings (SSSR count). The number of ether oxygens (including phenoxy) is 1. The minimum absolute atomic E-state index is 0.263. The third-order valence-electron chi connectivity index (χ3n) is 2.52. The summed E-state index contributed by atoms with van der Waals surface area (Å²) in [7, 11) is 0. The number of carbonyl (C=O) groups excluding carboxylic acids is 1. The minimum atomic E-state index is -0.899. The quantitative estimate of drug-likeness (QED) is 0.563. The number of hydrogen-bond donors (Lipinski definition) is 0.